The third kappa shape index (κ3) is 3.74. The molecule has 1 aliphatic heterocycles. The maximum absolute atomic E-state index is 14.4. The first-order chi connectivity index (χ1) is 15.3. The fourth-order valence-corrected chi connectivity index (χ4v) is 4.02. The topological polar surface area (TPSA) is 74.6 Å². The highest BCUT2D eigenvalue weighted by molar-refractivity contribution is 7.80. The highest BCUT2D eigenvalue weighted by Crippen LogP contribution is 2.36. The van der Waals surface area contributed by atoms with Gasteiger partial charge in [-0.3, -0.25) is 4.79 Å². The lowest BCUT2D eigenvalue weighted by molar-refractivity contribution is -0.116. The van der Waals surface area contributed by atoms with Crippen LogP contribution in [0.4, 0.5) is 29.1 Å². The maximum Gasteiger partial charge on any atom is 0.258 e. The predicted octanol–water partition coefficient (Wildman–Crippen LogP) is 3.06. The van der Waals surface area contributed by atoms with Crippen molar-refractivity contribution in [3.05, 3.63) is 53.6 Å². The standard InChI is InChI=1S/C20H16F4N6OS/c21-9-1-2-12(22)11(5-9)15-6-10(31)8-29(15)16-3-4-30-19(26-16)17(18(24)28-30)27-20(32)25-14-7-13(14)23/h1-5,13-15H,6-8H2,(H2,25,27,32)/t13-,14+,15-/m1/s1. The zero-order chi connectivity index (χ0) is 22.6. The first-order valence-corrected chi connectivity index (χ1v) is 10.2. The van der Waals surface area contributed by atoms with Crippen molar-refractivity contribution in [3.8, 4) is 0 Å². The number of alkyl halides is 1. The number of aromatic nitrogens is 3. The summed E-state index contributed by atoms with van der Waals surface area (Å²) in [6, 6.07) is 3.38. The van der Waals surface area contributed by atoms with E-state index < -0.39 is 35.8 Å². The average Bonchev–Trinajstić information content (AvgIpc) is 3.15. The molecule has 0 bridgehead atoms. The molecule has 0 spiro atoms. The number of fused-ring (bicyclic) bond motifs is 1. The molecular formula is C20H16F4N6OS. The highest BCUT2D eigenvalue weighted by atomic mass is 32.1. The molecule has 2 N–H and O–H groups in total. The van der Waals surface area contributed by atoms with Crippen LogP contribution in [0.25, 0.3) is 5.65 Å². The molecule has 166 valence electrons. The minimum absolute atomic E-state index is 0.0206. The van der Waals surface area contributed by atoms with Gasteiger partial charge in [0.2, 0.25) is 0 Å². The molecule has 32 heavy (non-hydrogen) atoms. The summed E-state index contributed by atoms with van der Waals surface area (Å²) < 4.78 is 56.9. The Kier molecular flexibility index (Phi) is 4.96. The number of nitrogens with one attached hydrogen (secondary N) is 2. The van der Waals surface area contributed by atoms with Gasteiger partial charge < -0.3 is 15.5 Å². The van der Waals surface area contributed by atoms with E-state index in [0.717, 1.165) is 18.2 Å². The molecule has 7 nitrogen and oxygen atoms in total. The summed E-state index contributed by atoms with van der Waals surface area (Å²) in [6.45, 7) is -0.0668. The van der Waals surface area contributed by atoms with Gasteiger partial charge in [-0.25, -0.2) is 22.7 Å². The van der Waals surface area contributed by atoms with Gasteiger partial charge in [-0.05, 0) is 36.5 Å². The molecule has 1 aliphatic carbocycles. The zero-order valence-electron chi connectivity index (χ0n) is 16.4. The second kappa shape index (κ2) is 7.69. The second-order valence-electron chi connectivity index (χ2n) is 7.73. The Labute approximate surface area is 184 Å². The molecule has 0 amide bonds. The molecule has 12 heteroatoms. The molecule has 3 aromatic rings. The molecule has 1 saturated heterocycles. The molecular weight excluding hydrogens is 448 g/mol. The van der Waals surface area contributed by atoms with Gasteiger partial charge >= 0.3 is 0 Å². The van der Waals surface area contributed by atoms with Crippen LogP contribution in [0, 0.1) is 17.6 Å². The molecule has 2 fully saturated rings. The molecule has 0 unspecified atom stereocenters. The number of halogens is 4. The largest absolute Gasteiger partial charge is 0.357 e. The van der Waals surface area contributed by atoms with E-state index in [4.69, 9.17) is 12.2 Å². The molecule has 0 radical (unpaired) electrons. The van der Waals surface area contributed by atoms with Gasteiger partial charge in [0, 0.05) is 24.6 Å². The van der Waals surface area contributed by atoms with Crippen molar-refractivity contribution < 1.29 is 22.4 Å². The van der Waals surface area contributed by atoms with Gasteiger partial charge in [0.25, 0.3) is 5.95 Å². The Balaban J connectivity index is 1.48. The average molecular weight is 464 g/mol. The van der Waals surface area contributed by atoms with E-state index in [-0.39, 0.29) is 46.6 Å². The Bertz CT molecular complexity index is 1250. The van der Waals surface area contributed by atoms with Crippen molar-refractivity contribution in [1.29, 1.82) is 0 Å². The number of carbonyl (C=O) groups excluding carboxylic acids is 1. The quantitative estimate of drug-likeness (QED) is 0.454. The van der Waals surface area contributed by atoms with Crippen molar-refractivity contribution in [3.63, 3.8) is 0 Å². The molecule has 1 saturated carbocycles. The number of Topliss-reactive ketones (excluding diaryl/α,β-unsaturated/α-hetero) is 1. The van der Waals surface area contributed by atoms with Crippen LogP contribution in [-0.4, -0.2) is 44.3 Å². The number of rotatable bonds is 4. The summed E-state index contributed by atoms with van der Waals surface area (Å²) in [7, 11) is 0. The van der Waals surface area contributed by atoms with Crippen molar-refractivity contribution in [2.75, 3.05) is 16.8 Å². The monoisotopic (exact) mass is 464 g/mol. The van der Waals surface area contributed by atoms with E-state index in [1.54, 1.807) is 0 Å². The normalized spacial score (nSPS) is 22.4. The first kappa shape index (κ1) is 20.6. The van der Waals surface area contributed by atoms with Crippen molar-refractivity contribution in [2.45, 2.75) is 31.1 Å². The molecule has 5 rings (SSSR count). The summed E-state index contributed by atoms with van der Waals surface area (Å²) in [6.07, 6.45) is 0.734. The Morgan fingerprint density at radius 2 is 2.00 bits per heavy atom. The SMILES string of the molecule is O=C1C[C@H](c2cc(F)ccc2F)N(c2ccn3nc(F)c(NC(=S)N[C@H]4C[C@H]4F)c3n2)C1. The minimum Gasteiger partial charge on any atom is -0.357 e. The number of anilines is 2. The van der Waals surface area contributed by atoms with Crippen LogP contribution >= 0.6 is 12.2 Å². The zero-order valence-corrected chi connectivity index (χ0v) is 17.2. The van der Waals surface area contributed by atoms with E-state index in [9.17, 15) is 22.4 Å². The van der Waals surface area contributed by atoms with Crippen LogP contribution in [0.5, 0.6) is 0 Å². The molecule has 1 aromatic carbocycles. The third-order valence-electron chi connectivity index (χ3n) is 5.45. The van der Waals surface area contributed by atoms with Gasteiger partial charge in [0.05, 0.1) is 18.6 Å². The van der Waals surface area contributed by atoms with E-state index in [1.165, 1.54) is 21.7 Å². The lowest BCUT2D eigenvalue weighted by atomic mass is 10.0. The van der Waals surface area contributed by atoms with Crippen molar-refractivity contribution in [2.24, 2.45) is 0 Å². The predicted molar refractivity (Wildman–Crippen MR) is 112 cm³/mol. The van der Waals surface area contributed by atoms with Crippen molar-refractivity contribution >= 4 is 40.3 Å². The summed E-state index contributed by atoms with van der Waals surface area (Å²) in [4.78, 5) is 18.1. The van der Waals surface area contributed by atoms with Crippen LogP contribution < -0.4 is 15.5 Å². The molecule has 2 aromatic heterocycles. The summed E-state index contributed by atoms with van der Waals surface area (Å²) in [5.41, 5.74) is -0.0277. The number of carbonyl (C=O) groups is 1. The van der Waals surface area contributed by atoms with E-state index in [1.807, 2.05) is 0 Å². The fourth-order valence-electron chi connectivity index (χ4n) is 3.77. The number of thiocarbonyl (C=S) groups is 1. The lowest BCUT2D eigenvalue weighted by Gasteiger charge is -2.25. The number of hydrogen-bond donors (Lipinski definition) is 2. The van der Waals surface area contributed by atoms with Crippen LogP contribution in [0.2, 0.25) is 0 Å². The van der Waals surface area contributed by atoms with Gasteiger partial charge in [0.15, 0.2) is 16.5 Å². The Morgan fingerprint density at radius 3 is 2.75 bits per heavy atom. The smallest absolute Gasteiger partial charge is 0.258 e. The highest BCUT2D eigenvalue weighted by Gasteiger charge is 2.38. The van der Waals surface area contributed by atoms with E-state index >= 15 is 0 Å². The van der Waals surface area contributed by atoms with Crippen LogP contribution in [0.1, 0.15) is 24.4 Å². The number of benzene rings is 1. The molecule has 3 atom stereocenters. The third-order valence-corrected chi connectivity index (χ3v) is 5.67. The summed E-state index contributed by atoms with van der Waals surface area (Å²) in [5, 5.41) is 9.13. The number of ketones is 1. The van der Waals surface area contributed by atoms with Crippen LogP contribution in [-0.2, 0) is 4.79 Å². The van der Waals surface area contributed by atoms with Crippen LogP contribution in [0.15, 0.2) is 30.5 Å². The van der Waals surface area contributed by atoms with Crippen LogP contribution in [0.3, 0.4) is 0 Å². The Hall–Kier alpha value is -3.28. The van der Waals surface area contributed by atoms with Gasteiger partial charge in [-0.1, -0.05) is 0 Å². The molecule has 3 heterocycles. The minimum atomic E-state index is -0.999. The fraction of sp³-hybridized carbons (Fsp3) is 0.300. The number of hydrogen-bond acceptors (Lipinski definition) is 5. The maximum atomic E-state index is 14.4. The summed E-state index contributed by atoms with van der Waals surface area (Å²) >= 11 is 5.11. The second-order valence-corrected chi connectivity index (χ2v) is 8.14. The molecule has 2 aliphatic rings. The summed E-state index contributed by atoms with van der Waals surface area (Å²) in [5.74, 6) is -2.06. The van der Waals surface area contributed by atoms with Gasteiger partial charge in [-0.2, -0.15) is 4.39 Å². The van der Waals surface area contributed by atoms with E-state index in [2.05, 4.69) is 20.7 Å². The van der Waals surface area contributed by atoms with Gasteiger partial charge in [0.1, 0.15) is 29.3 Å². The lowest BCUT2D eigenvalue weighted by Crippen LogP contribution is -2.31. The first-order valence-electron chi connectivity index (χ1n) is 9.80. The van der Waals surface area contributed by atoms with E-state index in [0.29, 0.717) is 6.42 Å². The van der Waals surface area contributed by atoms with Gasteiger partial charge in [-0.15, -0.1) is 5.10 Å². The number of nitrogens with zero attached hydrogens (tertiary/aromatic N) is 4. The Morgan fingerprint density at radius 1 is 1.22 bits per heavy atom. The van der Waals surface area contributed by atoms with Crippen molar-refractivity contribution in [1.82, 2.24) is 19.9 Å².